The van der Waals surface area contributed by atoms with Gasteiger partial charge in [0.2, 0.25) is 0 Å². The van der Waals surface area contributed by atoms with Gasteiger partial charge in [-0.2, -0.15) is 0 Å². The molecule has 6 nitrogen and oxygen atoms in total. The molecule has 0 aliphatic carbocycles. The molecule has 0 spiro atoms. The monoisotopic (exact) mass is 452 g/mol. The molecule has 0 aromatic heterocycles. The van der Waals surface area contributed by atoms with Gasteiger partial charge in [-0.1, -0.05) is 41.9 Å². The normalized spacial score (nSPS) is 18.2. The van der Waals surface area contributed by atoms with E-state index < -0.39 is 11.9 Å². The van der Waals surface area contributed by atoms with Gasteiger partial charge in [0, 0.05) is 34.5 Å². The Morgan fingerprint density at radius 3 is 2.62 bits per heavy atom. The van der Waals surface area contributed by atoms with Crippen LogP contribution in [0.1, 0.15) is 24.0 Å². The molecule has 0 saturated heterocycles. The number of carbonyl (C=O) groups excluding carboxylic acids is 2. The summed E-state index contributed by atoms with van der Waals surface area (Å²) in [5.74, 6) is -0.356. The topological polar surface area (TPSA) is 76.7 Å². The zero-order valence-electron chi connectivity index (χ0n) is 18.0. The number of benzene rings is 2. The molecule has 166 valence electrons. The van der Waals surface area contributed by atoms with Crippen LogP contribution in [0.15, 0.2) is 71.1 Å². The van der Waals surface area contributed by atoms with Gasteiger partial charge in [-0.15, -0.1) is 0 Å². The van der Waals surface area contributed by atoms with Gasteiger partial charge in [-0.05, 0) is 43.2 Å². The molecule has 0 fully saturated rings. The number of para-hydroxylation sites is 1. The highest BCUT2D eigenvalue weighted by molar-refractivity contribution is 6.31. The van der Waals surface area contributed by atoms with Crippen LogP contribution < -0.4 is 15.4 Å². The van der Waals surface area contributed by atoms with Gasteiger partial charge in [0.1, 0.15) is 19.0 Å². The minimum absolute atomic E-state index is 0.0478. The fraction of sp³-hybridized carbons (Fsp3) is 0.280. The highest BCUT2D eigenvalue weighted by atomic mass is 35.5. The maximum absolute atomic E-state index is 13.2. The number of halogens is 1. The molecular weight excluding hydrogens is 428 g/mol. The van der Waals surface area contributed by atoms with Crippen molar-refractivity contribution in [3.8, 4) is 5.75 Å². The van der Waals surface area contributed by atoms with Crippen LogP contribution in [-0.2, 0) is 14.3 Å². The molecule has 32 heavy (non-hydrogen) atoms. The minimum atomic E-state index is -0.540. The number of hydrogen-bond donors (Lipinski definition) is 2. The van der Waals surface area contributed by atoms with Crippen molar-refractivity contribution in [1.29, 1.82) is 0 Å². The molecule has 0 radical (unpaired) electrons. The molecule has 2 aliphatic heterocycles. The van der Waals surface area contributed by atoms with E-state index in [0.717, 1.165) is 16.8 Å². The van der Waals surface area contributed by atoms with Gasteiger partial charge >= 0.3 is 5.97 Å². The van der Waals surface area contributed by atoms with Gasteiger partial charge in [0.05, 0.1) is 12.1 Å². The lowest BCUT2D eigenvalue weighted by molar-refractivity contribution is -0.140. The molecular formula is C25H25ClN2O4. The standard InChI is InChI=1S/C25H25ClN2O4/c1-15-18(9-6-10-19(15)26)23-22(16(2)28-20-13-27-14-21(29)24(20)23)25(30)32-12-11-31-17-7-4-3-5-8-17/h3-10,23,27-28H,11-14H2,1-2H3. The highest BCUT2D eigenvalue weighted by Gasteiger charge is 2.39. The first-order chi connectivity index (χ1) is 15.5. The van der Waals surface area contributed by atoms with Crippen LogP contribution in [-0.4, -0.2) is 38.1 Å². The third kappa shape index (κ3) is 4.42. The summed E-state index contributed by atoms with van der Waals surface area (Å²) >= 11 is 6.39. The Morgan fingerprint density at radius 2 is 1.84 bits per heavy atom. The van der Waals surface area contributed by atoms with Crippen molar-refractivity contribution in [1.82, 2.24) is 10.6 Å². The summed E-state index contributed by atoms with van der Waals surface area (Å²) < 4.78 is 11.2. The van der Waals surface area contributed by atoms with Crippen LogP contribution in [0.5, 0.6) is 5.75 Å². The fourth-order valence-corrected chi connectivity index (χ4v) is 4.35. The Bertz CT molecular complexity index is 1110. The van der Waals surface area contributed by atoms with Crippen LogP contribution in [0.25, 0.3) is 0 Å². The van der Waals surface area contributed by atoms with E-state index in [9.17, 15) is 9.59 Å². The summed E-state index contributed by atoms with van der Waals surface area (Å²) in [6.07, 6.45) is 0. The van der Waals surface area contributed by atoms with E-state index in [0.29, 0.717) is 34.2 Å². The largest absolute Gasteiger partial charge is 0.490 e. The molecule has 2 aromatic carbocycles. The van der Waals surface area contributed by atoms with E-state index >= 15 is 0 Å². The first kappa shape index (κ1) is 22.1. The minimum Gasteiger partial charge on any atom is -0.490 e. The van der Waals surface area contributed by atoms with Crippen molar-refractivity contribution in [3.05, 3.63) is 87.2 Å². The summed E-state index contributed by atoms with van der Waals surface area (Å²) in [6, 6.07) is 14.9. The number of rotatable bonds is 6. The van der Waals surface area contributed by atoms with Crippen molar-refractivity contribution in [3.63, 3.8) is 0 Å². The summed E-state index contributed by atoms with van der Waals surface area (Å²) in [5, 5.41) is 6.93. The Balaban J connectivity index is 1.60. The van der Waals surface area contributed by atoms with E-state index in [2.05, 4.69) is 10.6 Å². The zero-order chi connectivity index (χ0) is 22.7. The number of dihydropyridines is 1. The van der Waals surface area contributed by atoms with E-state index in [1.165, 1.54) is 0 Å². The predicted octanol–water partition coefficient (Wildman–Crippen LogP) is 3.66. The Morgan fingerprint density at radius 1 is 1.06 bits per heavy atom. The molecule has 0 amide bonds. The number of Topliss-reactive ketones (excluding diaryl/α,β-unsaturated/α-hetero) is 1. The van der Waals surface area contributed by atoms with Gasteiger partial charge in [0.15, 0.2) is 5.78 Å². The number of nitrogens with one attached hydrogen (secondary N) is 2. The molecule has 4 rings (SSSR count). The van der Waals surface area contributed by atoms with Crippen molar-refractivity contribution >= 4 is 23.4 Å². The third-order valence-corrected chi connectivity index (χ3v) is 6.11. The van der Waals surface area contributed by atoms with Crippen molar-refractivity contribution < 1.29 is 19.1 Å². The van der Waals surface area contributed by atoms with Crippen LogP contribution in [0, 0.1) is 6.92 Å². The van der Waals surface area contributed by atoms with E-state index in [1.54, 1.807) is 6.07 Å². The van der Waals surface area contributed by atoms with Gasteiger partial charge < -0.3 is 20.1 Å². The second-order valence-corrected chi connectivity index (χ2v) is 8.17. The molecule has 7 heteroatoms. The van der Waals surface area contributed by atoms with Gasteiger partial charge in [-0.25, -0.2) is 4.79 Å². The van der Waals surface area contributed by atoms with Crippen molar-refractivity contribution in [2.75, 3.05) is 26.3 Å². The number of esters is 1. The number of hydrogen-bond acceptors (Lipinski definition) is 6. The molecule has 2 heterocycles. The molecule has 0 saturated carbocycles. The van der Waals surface area contributed by atoms with Crippen LogP contribution in [0.4, 0.5) is 0 Å². The highest BCUT2D eigenvalue weighted by Crippen LogP contribution is 2.42. The van der Waals surface area contributed by atoms with Gasteiger partial charge in [-0.3, -0.25) is 4.79 Å². The molecule has 2 N–H and O–H groups in total. The summed E-state index contributed by atoms with van der Waals surface area (Å²) in [4.78, 5) is 26.1. The third-order valence-electron chi connectivity index (χ3n) is 5.70. The number of ether oxygens (including phenoxy) is 2. The van der Waals surface area contributed by atoms with E-state index in [-0.39, 0.29) is 25.5 Å². The summed E-state index contributed by atoms with van der Waals surface area (Å²) in [5.41, 5.74) is 4.13. The zero-order valence-corrected chi connectivity index (χ0v) is 18.8. The second kappa shape index (κ2) is 9.59. The molecule has 0 bridgehead atoms. The maximum atomic E-state index is 13.2. The van der Waals surface area contributed by atoms with Crippen molar-refractivity contribution in [2.45, 2.75) is 19.8 Å². The number of allylic oxidation sites excluding steroid dienone is 1. The first-order valence-corrected chi connectivity index (χ1v) is 10.9. The summed E-state index contributed by atoms with van der Waals surface area (Å²) in [7, 11) is 0. The second-order valence-electron chi connectivity index (χ2n) is 7.77. The van der Waals surface area contributed by atoms with Crippen LogP contribution in [0.3, 0.4) is 0 Å². The number of carbonyl (C=O) groups is 2. The van der Waals surface area contributed by atoms with E-state index in [1.807, 2.05) is 56.3 Å². The first-order valence-electron chi connectivity index (χ1n) is 10.5. The smallest absolute Gasteiger partial charge is 0.336 e. The number of ketones is 1. The molecule has 2 aromatic rings. The Hall–Kier alpha value is -3.09. The van der Waals surface area contributed by atoms with Crippen LogP contribution in [0.2, 0.25) is 5.02 Å². The molecule has 1 atom stereocenters. The van der Waals surface area contributed by atoms with Crippen molar-refractivity contribution in [2.24, 2.45) is 0 Å². The van der Waals surface area contributed by atoms with Crippen LogP contribution >= 0.6 is 11.6 Å². The van der Waals surface area contributed by atoms with Gasteiger partial charge in [0.25, 0.3) is 0 Å². The average molecular weight is 453 g/mol. The maximum Gasteiger partial charge on any atom is 0.336 e. The average Bonchev–Trinajstić information content (AvgIpc) is 2.78. The SMILES string of the molecule is CC1=C(C(=O)OCCOc2ccccc2)C(c2cccc(Cl)c2C)C2=C(CNCC2=O)N1. The lowest BCUT2D eigenvalue weighted by atomic mass is 9.76. The van der Waals surface area contributed by atoms with E-state index in [4.69, 9.17) is 21.1 Å². The summed E-state index contributed by atoms with van der Waals surface area (Å²) in [6.45, 7) is 4.80. The molecule has 1 unspecified atom stereocenters. The quantitative estimate of drug-likeness (QED) is 0.514. The molecule has 2 aliphatic rings. The Kier molecular flexibility index (Phi) is 6.63. The predicted molar refractivity (Wildman–Crippen MR) is 123 cm³/mol. The Labute approximate surface area is 192 Å². The fourth-order valence-electron chi connectivity index (χ4n) is 4.17. The lowest BCUT2D eigenvalue weighted by Crippen LogP contribution is -2.43. The lowest BCUT2D eigenvalue weighted by Gasteiger charge is -2.35.